The van der Waals surface area contributed by atoms with Crippen molar-refractivity contribution in [2.75, 3.05) is 18.5 Å². The number of fused-ring (bicyclic) bond motifs is 1. The van der Waals surface area contributed by atoms with E-state index >= 15 is 0 Å². The van der Waals surface area contributed by atoms with E-state index in [1.165, 1.54) is 0 Å². The summed E-state index contributed by atoms with van der Waals surface area (Å²) in [4.78, 5) is 25.2. The Bertz CT molecular complexity index is 758. The molecule has 1 atom stereocenters. The van der Waals surface area contributed by atoms with Gasteiger partial charge in [-0.3, -0.25) is 9.59 Å². The highest BCUT2D eigenvalue weighted by Gasteiger charge is 2.29. The summed E-state index contributed by atoms with van der Waals surface area (Å²) in [6.45, 7) is 1.06. The average molecular weight is 325 g/mol. The number of carbonyl (C=O) groups is 2. The number of benzene rings is 2. The van der Waals surface area contributed by atoms with Gasteiger partial charge in [-0.25, -0.2) is 0 Å². The van der Waals surface area contributed by atoms with Crippen LogP contribution >= 0.6 is 0 Å². The zero-order valence-electron chi connectivity index (χ0n) is 13.4. The van der Waals surface area contributed by atoms with Crippen LogP contribution < -0.4 is 20.7 Å². The highest BCUT2D eigenvalue weighted by atomic mass is 16.5. The number of likely N-dealkylation sites (N-methyl/N-ethyl adjacent to an activating group) is 1. The number of rotatable bonds is 4. The fourth-order valence-electron chi connectivity index (χ4n) is 2.75. The number of anilines is 1. The number of nitrogens with one attached hydrogen (secondary N) is 1. The van der Waals surface area contributed by atoms with Crippen molar-refractivity contribution < 1.29 is 14.3 Å². The Balaban J connectivity index is 1.85. The van der Waals surface area contributed by atoms with E-state index in [2.05, 4.69) is 10.2 Å². The first-order chi connectivity index (χ1) is 11.6. The number of nitrogens with two attached hydrogens (primary N) is 1. The van der Waals surface area contributed by atoms with Gasteiger partial charge in [0, 0.05) is 19.2 Å². The monoisotopic (exact) mass is 325 g/mol. The molecule has 0 spiro atoms. The molecule has 6 nitrogen and oxygen atoms in total. The zero-order valence-corrected chi connectivity index (χ0v) is 13.4. The van der Waals surface area contributed by atoms with Crippen molar-refractivity contribution in [1.29, 1.82) is 0 Å². The second kappa shape index (κ2) is 6.62. The second-order valence-corrected chi connectivity index (χ2v) is 5.63. The predicted molar refractivity (Wildman–Crippen MR) is 90.9 cm³/mol. The van der Waals surface area contributed by atoms with Gasteiger partial charge in [0.1, 0.15) is 5.75 Å². The maximum atomic E-state index is 12.0. The molecule has 0 radical (unpaired) electrons. The molecule has 0 aliphatic carbocycles. The summed E-state index contributed by atoms with van der Waals surface area (Å²) < 4.78 is 5.79. The number of primary amides is 1. The fraction of sp³-hybridized carbons (Fsp3) is 0.222. The molecular weight excluding hydrogens is 306 g/mol. The quantitative estimate of drug-likeness (QED) is 0.887. The summed E-state index contributed by atoms with van der Waals surface area (Å²) in [7, 11) is 1.60. The third-order valence-electron chi connectivity index (χ3n) is 4.01. The van der Waals surface area contributed by atoms with Crippen molar-refractivity contribution in [2.24, 2.45) is 5.73 Å². The molecule has 124 valence electrons. The topological polar surface area (TPSA) is 84.7 Å². The molecule has 2 aromatic rings. The first kappa shape index (κ1) is 15.9. The highest BCUT2D eigenvalue weighted by molar-refractivity contribution is 5.92. The molecule has 6 heteroatoms. The van der Waals surface area contributed by atoms with Crippen molar-refractivity contribution in [3.05, 3.63) is 59.7 Å². The summed E-state index contributed by atoms with van der Waals surface area (Å²) >= 11 is 0. The number of hydrogen-bond acceptors (Lipinski definition) is 4. The molecule has 0 saturated carbocycles. The van der Waals surface area contributed by atoms with Crippen LogP contribution in [0.1, 0.15) is 15.9 Å². The number of ether oxygens (including phenoxy) is 1. The van der Waals surface area contributed by atoms with E-state index in [1.54, 1.807) is 19.2 Å². The summed E-state index contributed by atoms with van der Waals surface area (Å²) in [6, 6.07) is 14.8. The molecule has 0 bridgehead atoms. The Morgan fingerprint density at radius 2 is 1.92 bits per heavy atom. The molecule has 0 unspecified atom stereocenters. The first-order valence-electron chi connectivity index (χ1n) is 7.69. The number of hydrogen-bond donors (Lipinski definition) is 2. The molecule has 24 heavy (non-hydrogen) atoms. The van der Waals surface area contributed by atoms with Crippen molar-refractivity contribution in [3.63, 3.8) is 0 Å². The molecule has 1 aliphatic heterocycles. The lowest BCUT2D eigenvalue weighted by Gasteiger charge is -2.35. The van der Waals surface area contributed by atoms with E-state index < -0.39 is 12.0 Å². The smallest absolute Gasteiger partial charge is 0.262 e. The Morgan fingerprint density at radius 1 is 1.21 bits per heavy atom. The van der Waals surface area contributed by atoms with Gasteiger partial charge >= 0.3 is 0 Å². The van der Waals surface area contributed by atoms with Crippen LogP contribution in [0.15, 0.2) is 48.5 Å². The van der Waals surface area contributed by atoms with Gasteiger partial charge in [-0.05, 0) is 29.8 Å². The van der Waals surface area contributed by atoms with Gasteiger partial charge in [-0.2, -0.15) is 0 Å². The van der Waals surface area contributed by atoms with Gasteiger partial charge in [-0.1, -0.05) is 24.3 Å². The van der Waals surface area contributed by atoms with Crippen molar-refractivity contribution in [1.82, 2.24) is 5.32 Å². The van der Waals surface area contributed by atoms with Crippen LogP contribution in [0, 0.1) is 0 Å². The minimum Gasteiger partial charge on any atom is -0.477 e. The molecule has 1 aliphatic rings. The molecule has 3 N–H and O–H groups in total. The van der Waals surface area contributed by atoms with Crippen LogP contribution in [0.25, 0.3) is 0 Å². The minimum absolute atomic E-state index is 0.154. The molecule has 0 saturated heterocycles. The van der Waals surface area contributed by atoms with Crippen molar-refractivity contribution >= 4 is 17.5 Å². The third-order valence-corrected chi connectivity index (χ3v) is 4.01. The molecule has 0 fully saturated rings. The highest BCUT2D eigenvalue weighted by Crippen LogP contribution is 2.34. The summed E-state index contributed by atoms with van der Waals surface area (Å²) in [6.07, 6.45) is -0.560. The van der Waals surface area contributed by atoms with Crippen LogP contribution in [0.3, 0.4) is 0 Å². The maximum absolute atomic E-state index is 12.0. The first-order valence-corrected chi connectivity index (χ1v) is 7.69. The van der Waals surface area contributed by atoms with E-state index in [4.69, 9.17) is 10.5 Å². The van der Waals surface area contributed by atoms with Crippen LogP contribution in [-0.4, -0.2) is 31.5 Å². The van der Waals surface area contributed by atoms with Gasteiger partial charge in [0.15, 0.2) is 6.10 Å². The standard InChI is InChI=1S/C18H19N3O3/c1-20-18(23)16-11-21(14-4-2-3-5-15(14)24-16)10-12-6-8-13(9-7-12)17(19)22/h2-9,16H,10-11H2,1H3,(H2,19,22)(H,20,23)/t16-/m0/s1. The molecule has 1 heterocycles. The molecule has 0 aromatic heterocycles. The summed E-state index contributed by atoms with van der Waals surface area (Å²) in [5, 5.41) is 2.63. The number of amides is 2. The van der Waals surface area contributed by atoms with E-state index in [1.807, 2.05) is 36.4 Å². The largest absolute Gasteiger partial charge is 0.477 e. The van der Waals surface area contributed by atoms with Crippen LogP contribution in [0.2, 0.25) is 0 Å². The van der Waals surface area contributed by atoms with Gasteiger partial charge in [0.05, 0.1) is 12.2 Å². The number of nitrogens with zero attached hydrogens (tertiary/aromatic N) is 1. The maximum Gasteiger partial charge on any atom is 0.262 e. The van der Waals surface area contributed by atoms with E-state index in [-0.39, 0.29) is 5.91 Å². The van der Waals surface area contributed by atoms with Gasteiger partial charge in [0.25, 0.3) is 5.91 Å². The third kappa shape index (κ3) is 3.17. The molecule has 2 aromatic carbocycles. The predicted octanol–water partition coefficient (Wildman–Crippen LogP) is 1.30. The molecule has 3 rings (SSSR count). The van der Waals surface area contributed by atoms with Gasteiger partial charge in [-0.15, -0.1) is 0 Å². The molecule has 2 amide bonds. The average Bonchev–Trinajstić information content (AvgIpc) is 2.61. The number of carbonyl (C=O) groups excluding carboxylic acids is 2. The van der Waals surface area contributed by atoms with E-state index in [9.17, 15) is 9.59 Å². The minimum atomic E-state index is -0.560. The SMILES string of the molecule is CNC(=O)[C@@H]1CN(Cc2ccc(C(N)=O)cc2)c2ccccc2O1. The Morgan fingerprint density at radius 3 is 2.58 bits per heavy atom. The normalized spacial score (nSPS) is 16.0. The van der Waals surface area contributed by atoms with E-state index in [0.29, 0.717) is 24.4 Å². The van der Waals surface area contributed by atoms with Crippen LogP contribution in [-0.2, 0) is 11.3 Å². The van der Waals surface area contributed by atoms with Gasteiger partial charge in [0.2, 0.25) is 5.91 Å². The lowest BCUT2D eigenvalue weighted by Crippen LogP contribution is -2.47. The fourth-order valence-corrected chi connectivity index (χ4v) is 2.75. The summed E-state index contributed by atoms with van der Waals surface area (Å²) in [5.41, 5.74) is 7.71. The Labute approximate surface area is 140 Å². The van der Waals surface area contributed by atoms with Crippen molar-refractivity contribution in [3.8, 4) is 5.75 Å². The Kier molecular flexibility index (Phi) is 4.37. The van der Waals surface area contributed by atoms with Crippen LogP contribution in [0.5, 0.6) is 5.75 Å². The van der Waals surface area contributed by atoms with Crippen LogP contribution in [0.4, 0.5) is 5.69 Å². The number of para-hydroxylation sites is 2. The van der Waals surface area contributed by atoms with E-state index in [0.717, 1.165) is 11.3 Å². The van der Waals surface area contributed by atoms with Gasteiger partial charge < -0.3 is 20.7 Å². The summed E-state index contributed by atoms with van der Waals surface area (Å²) in [5.74, 6) is 0.0858. The van der Waals surface area contributed by atoms with Crippen molar-refractivity contribution in [2.45, 2.75) is 12.6 Å². The zero-order chi connectivity index (χ0) is 17.1. The molecular formula is C18H19N3O3. The lowest BCUT2D eigenvalue weighted by molar-refractivity contribution is -0.127. The second-order valence-electron chi connectivity index (χ2n) is 5.63. The lowest BCUT2D eigenvalue weighted by atomic mass is 10.1. The Hall–Kier alpha value is -3.02.